The topological polar surface area (TPSA) is 78.9 Å². The summed E-state index contributed by atoms with van der Waals surface area (Å²) in [5.41, 5.74) is 0. The second-order valence-electron chi connectivity index (χ2n) is 18.5. The predicted molar refractivity (Wildman–Crippen MR) is 288 cm³/mol. The molecule has 0 aliphatic carbocycles. The lowest BCUT2D eigenvalue weighted by Crippen LogP contribution is -2.30. The van der Waals surface area contributed by atoms with Crippen LogP contribution in [0.15, 0.2) is 85.1 Å². The third-order valence-corrected chi connectivity index (χ3v) is 11.9. The molecule has 0 N–H and O–H groups in total. The monoisotopic (exact) mass is 933 g/mol. The van der Waals surface area contributed by atoms with E-state index in [1.165, 1.54) is 135 Å². The van der Waals surface area contributed by atoms with Crippen molar-refractivity contribution in [3.8, 4) is 0 Å². The molecule has 0 saturated heterocycles. The number of rotatable bonds is 50. The normalized spacial score (nSPS) is 12.7. The summed E-state index contributed by atoms with van der Waals surface area (Å²) in [4.78, 5) is 38.0. The number of ether oxygens (including phenoxy) is 3. The summed E-state index contributed by atoms with van der Waals surface area (Å²) in [7, 11) is 0. The Hall–Kier alpha value is -3.41. The summed E-state index contributed by atoms with van der Waals surface area (Å²) in [6.45, 7) is 6.45. The average molecular weight is 933 g/mol. The minimum Gasteiger partial charge on any atom is -0.462 e. The van der Waals surface area contributed by atoms with Crippen LogP contribution in [0, 0.1) is 0 Å². The summed E-state index contributed by atoms with van der Waals surface area (Å²) in [6.07, 6.45) is 71.6. The molecular weight excluding hydrogens is 829 g/mol. The molecule has 0 aliphatic heterocycles. The summed E-state index contributed by atoms with van der Waals surface area (Å²) in [6, 6.07) is 0. The Morgan fingerprint density at radius 2 is 0.612 bits per heavy atom. The lowest BCUT2D eigenvalue weighted by molar-refractivity contribution is -0.166. The van der Waals surface area contributed by atoms with Crippen molar-refractivity contribution in [3.05, 3.63) is 85.1 Å². The highest BCUT2D eigenvalue weighted by atomic mass is 16.6. The Morgan fingerprint density at radius 1 is 0.313 bits per heavy atom. The highest BCUT2D eigenvalue weighted by Gasteiger charge is 2.19. The summed E-state index contributed by atoms with van der Waals surface area (Å²) >= 11 is 0. The van der Waals surface area contributed by atoms with Gasteiger partial charge < -0.3 is 14.2 Å². The fraction of sp³-hybridized carbons (Fsp3) is 0.721. The maximum atomic E-state index is 12.8. The van der Waals surface area contributed by atoms with Gasteiger partial charge in [-0.15, -0.1) is 0 Å². The largest absolute Gasteiger partial charge is 0.462 e. The van der Waals surface area contributed by atoms with E-state index in [0.29, 0.717) is 19.3 Å². The molecule has 0 aromatic rings. The van der Waals surface area contributed by atoms with E-state index in [-0.39, 0.29) is 31.6 Å². The van der Waals surface area contributed by atoms with Gasteiger partial charge >= 0.3 is 17.9 Å². The Kier molecular flexibility index (Phi) is 52.4. The molecule has 0 aromatic heterocycles. The number of hydrogen-bond acceptors (Lipinski definition) is 6. The molecular formula is C61H104O6. The van der Waals surface area contributed by atoms with Gasteiger partial charge in [-0.1, -0.05) is 247 Å². The van der Waals surface area contributed by atoms with E-state index < -0.39 is 12.1 Å². The van der Waals surface area contributed by atoms with E-state index in [2.05, 4.69) is 93.7 Å². The van der Waals surface area contributed by atoms with Crippen molar-refractivity contribution in [1.82, 2.24) is 0 Å². The molecule has 0 amide bonds. The molecule has 0 fully saturated rings. The Balaban J connectivity index is 4.37. The van der Waals surface area contributed by atoms with E-state index >= 15 is 0 Å². The van der Waals surface area contributed by atoms with Crippen LogP contribution in [0.2, 0.25) is 0 Å². The van der Waals surface area contributed by atoms with Crippen LogP contribution in [0.3, 0.4) is 0 Å². The smallest absolute Gasteiger partial charge is 0.306 e. The van der Waals surface area contributed by atoms with E-state index in [1.807, 2.05) is 12.2 Å². The number of esters is 3. The standard InChI is InChI=1S/C61H104O6/c1-4-7-10-13-16-19-22-25-26-27-28-29-30-31-32-33-34-37-39-42-45-48-51-54-60(63)66-57-58(67-61(64)55-52-49-46-43-40-36-24-21-18-15-12-9-6-3)56-65-59(62)53-50-47-44-41-38-35-23-20-17-14-11-8-5-2/h9,12,18,21-22,25,27-28,30-31,36,40,46,49,58H,4-8,10-11,13-17,19-20,23-24,26,29,32-35,37-39,41-45,47-48,50-57H2,1-3H3/b12-9-,21-18-,25-22-,28-27-,31-30-,40-36-,49-46-. The molecule has 0 heterocycles. The first kappa shape index (κ1) is 63.6. The maximum Gasteiger partial charge on any atom is 0.306 e. The molecule has 6 heteroatoms. The van der Waals surface area contributed by atoms with Crippen molar-refractivity contribution in [3.63, 3.8) is 0 Å². The quantitative estimate of drug-likeness (QED) is 0.0262. The number of allylic oxidation sites excluding steroid dienone is 14. The predicted octanol–water partition coefficient (Wildman–Crippen LogP) is 18.8. The van der Waals surface area contributed by atoms with Gasteiger partial charge in [-0.25, -0.2) is 0 Å². The van der Waals surface area contributed by atoms with Crippen molar-refractivity contribution >= 4 is 17.9 Å². The van der Waals surface area contributed by atoms with Crippen LogP contribution in [0.5, 0.6) is 0 Å². The van der Waals surface area contributed by atoms with Crippen LogP contribution in [0.25, 0.3) is 0 Å². The van der Waals surface area contributed by atoms with Gasteiger partial charge in [-0.05, 0) is 83.5 Å². The minimum atomic E-state index is -0.816. The summed E-state index contributed by atoms with van der Waals surface area (Å²) < 4.78 is 16.8. The zero-order chi connectivity index (χ0) is 48.6. The van der Waals surface area contributed by atoms with E-state index in [0.717, 1.165) is 83.5 Å². The van der Waals surface area contributed by atoms with Gasteiger partial charge in [0.1, 0.15) is 13.2 Å². The second-order valence-corrected chi connectivity index (χ2v) is 18.5. The highest BCUT2D eigenvalue weighted by molar-refractivity contribution is 5.71. The van der Waals surface area contributed by atoms with E-state index in [1.54, 1.807) is 0 Å². The highest BCUT2D eigenvalue weighted by Crippen LogP contribution is 2.15. The molecule has 0 radical (unpaired) electrons. The van der Waals surface area contributed by atoms with Gasteiger partial charge in [0.05, 0.1) is 0 Å². The van der Waals surface area contributed by atoms with Crippen molar-refractivity contribution in [1.29, 1.82) is 0 Å². The van der Waals surface area contributed by atoms with Gasteiger partial charge in [-0.2, -0.15) is 0 Å². The lowest BCUT2D eigenvalue weighted by Gasteiger charge is -2.18. The van der Waals surface area contributed by atoms with Crippen molar-refractivity contribution < 1.29 is 28.6 Å². The Labute approximate surface area is 414 Å². The summed E-state index contributed by atoms with van der Waals surface area (Å²) in [5, 5.41) is 0. The number of unbranched alkanes of at least 4 members (excludes halogenated alkanes) is 25. The van der Waals surface area contributed by atoms with Gasteiger partial charge in [0.2, 0.25) is 0 Å². The first-order valence-corrected chi connectivity index (χ1v) is 28.1. The molecule has 67 heavy (non-hydrogen) atoms. The molecule has 0 bridgehead atoms. The van der Waals surface area contributed by atoms with Crippen LogP contribution in [0.4, 0.5) is 0 Å². The zero-order valence-electron chi connectivity index (χ0n) is 43.9. The Morgan fingerprint density at radius 3 is 0.970 bits per heavy atom. The first-order chi connectivity index (χ1) is 33.0. The Bertz CT molecular complexity index is 1300. The van der Waals surface area contributed by atoms with Crippen LogP contribution >= 0.6 is 0 Å². The minimum absolute atomic E-state index is 0.106. The van der Waals surface area contributed by atoms with E-state index in [4.69, 9.17) is 14.2 Å². The molecule has 6 nitrogen and oxygen atoms in total. The van der Waals surface area contributed by atoms with Crippen molar-refractivity contribution in [2.24, 2.45) is 0 Å². The first-order valence-electron chi connectivity index (χ1n) is 28.1. The van der Waals surface area contributed by atoms with Gasteiger partial charge in [-0.3, -0.25) is 14.4 Å². The van der Waals surface area contributed by atoms with Crippen LogP contribution in [0.1, 0.15) is 265 Å². The zero-order valence-corrected chi connectivity index (χ0v) is 43.9. The molecule has 1 unspecified atom stereocenters. The molecule has 0 saturated carbocycles. The maximum absolute atomic E-state index is 12.8. The SMILES string of the molecule is CC/C=C\C/C=C\C/C=C\C/C=C\CCC(=O)OC(COC(=O)CCCCCCCCCC/C=C\C/C=C\C/C=C\CCCCCCC)COC(=O)CCCCCCCCCCCCCCC. The fourth-order valence-corrected chi connectivity index (χ4v) is 7.70. The molecule has 1 atom stereocenters. The molecule has 0 aromatic carbocycles. The summed E-state index contributed by atoms with van der Waals surface area (Å²) in [5.74, 6) is -0.992. The van der Waals surface area contributed by atoms with Gasteiger partial charge in [0.15, 0.2) is 6.10 Å². The van der Waals surface area contributed by atoms with Crippen LogP contribution < -0.4 is 0 Å². The third kappa shape index (κ3) is 53.4. The lowest BCUT2D eigenvalue weighted by atomic mass is 10.0. The second kappa shape index (κ2) is 55.2. The molecule has 0 rings (SSSR count). The third-order valence-electron chi connectivity index (χ3n) is 11.9. The average Bonchev–Trinajstić information content (AvgIpc) is 3.33. The number of carbonyl (C=O) groups is 3. The molecule has 384 valence electrons. The van der Waals surface area contributed by atoms with Gasteiger partial charge in [0.25, 0.3) is 0 Å². The van der Waals surface area contributed by atoms with E-state index in [9.17, 15) is 14.4 Å². The van der Waals surface area contributed by atoms with Crippen LogP contribution in [-0.2, 0) is 28.6 Å². The van der Waals surface area contributed by atoms with Gasteiger partial charge in [0, 0.05) is 19.3 Å². The van der Waals surface area contributed by atoms with Crippen molar-refractivity contribution in [2.45, 2.75) is 271 Å². The fourth-order valence-electron chi connectivity index (χ4n) is 7.70. The number of carbonyl (C=O) groups excluding carboxylic acids is 3. The van der Waals surface area contributed by atoms with Crippen LogP contribution in [-0.4, -0.2) is 37.2 Å². The molecule has 0 aliphatic rings. The molecule has 0 spiro atoms. The number of hydrogen-bond donors (Lipinski definition) is 0. The van der Waals surface area contributed by atoms with Crippen molar-refractivity contribution in [2.75, 3.05) is 13.2 Å².